The minimum atomic E-state index is -0.884. The Hall–Kier alpha value is -2.22. The van der Waals surface area contributed by atoms with Crippen molar-refractivity contribution in [1.29, 1.82) is 0 Å². The zero-order chi connectivity index (χ0) is 18.8. The molecule has 0 saturated heterocycles. The molecular weight excluding hydrogens is 331 g/mol. The van der Waals surface area contributed by atoms with Crippen molar-refractivity contribution in [3.63, 3.8) is 0 Å². The van der Waals surface area contributed by atoms with Gasteiger partial charge in [0.1, 0.15) is 12.4 Å². The van der Waals surface area contributed by atoms with E-state index in [9.17, 15) is 23.6 Å². The van der Waals surface area contributed by atoms with Gasteiger partial charge in [-0.05, 0) is 19.8 Å². The van der Waals surface area contributed by atoms with E-state index in [0.717, 1.165) is 25.5 Å². The van der Waals surface area contributed by atoms with Crippen LogP contribution < -0.4 is 5.69 Å². The van der Waals surface area contributed by atoms with Crippen molar-refractivity contribution < 1.29 is 23.9 Å². The van der Waals surface area contributed by atoms with E-state index in [2.05, 4.69) is 4.98 Å². The summed E-state index contributed by atoms with van der Waals surface area (Å²) in [5.74, 6) is -1.90. The molecule has 25 heavy (non-hydrogen) atoms. The summed E-state index contributed by atoms with van der Waals surface area (Å²) in [7, 11) is 0. The van der Waals surface area contributed by atoms with Crippen molar-refractivity contribution in [2.45, 2.75) is 58.3 Å². The molecule has 8 heteroatoms. The fourth-order valence-corrected chi connectivity index (χ4v) is 2.33. The summed E-state index contributed by atoms with van der Waals surface area (Å²) < 4.78 is 14.4. The summed E-state index contributed by atoms with van der Waals surface area (Å²) >= 11 is 0. The highest BCUT2D eigenvalue weighted by Crippen LogP contribution is 2.09. The molecule has 1 N–H and O–H groups in total. The molecule has 0 aliphatic rings. The van der Waals surface area contributed by atoms with Gasteiger partial charge in [0.2, 0.25) is 5.91 Å². The van der Waals surface area contributed by atoms with E-state index in [1.165, 1.54) is 6.92 Å². The first-order valence-electron chi connectivity index (χ1n) is 8.28. The minimum absolute atomic E-state index is 0.0860. The number of Topliss-reactive ketones (excluding diaryl/α,β-unsaturated/α-hetero) is 2. The third kappa shape index (κ3) is 7.47. The van der Waals surface area contributed by atoms with Crippen LogP contribution in [-0.4, -0.2) is 38.7 Å². The van der Waals surface area contributed by atoms with Gasteiger partial charge in [0.15, 0.2) is 11.6 Å². The maximum absolute atomic E-state index is 13.8. The molecule has 7 nitrogen and oxygen atoms in total. The molecule has 0 aliphatic carbocycles. The Labute approximate surface area is 144 Å². The summed E-state index contributed by atoms with van der Waals surface area (Å²) in [6.45, 7) is 0.830. The number of hydrogen-bond acceptors (Lipinski definition) is 6. The van der Waals surface area contributed by atoms with Gasteiger partial charge in [-0.15, -0.1) is 0 Å². The van der Waals surface area contributed by atoms with Crippen molar-refractivity contribution in [2.24, 2.45) is 0 Å². The zero-order valence-electron chi connectivity index (χ0n) is 14.3. The smallest absolute Gasteiger partial charge is 0.354 e. The quantitative estimate of drug-likeness (QED) is 0.603. The topological polar surface area (TPSA) is 106 Å². The van der Waals surface area contributed by atoms with Gasteiger partial charge in [0.05, 0.1) is 18.3 Å². The van der Waals surface area contributed by atoms with Crippen LogP contribution in [0.3, 0.4) is 0 Å². The lowest BCUT2D eigenvalue weighted by Crippen LogP contribution is -2.30. The average molecular weight is 354 g/mol. The molecule has 1 rings (SSSR count). The van der Waals surface area contributed by atoms with Crippen LogP contribution in [0.2, 0.25) is 0 Å². The lowest BCUT2D eigenvalue weighted by Gasteiger charge is -2.06. The standard InChI is InChI=1S/C17H23FN2O5/c1-12(22)9-15-14(18)10-20(17(25)19-15)16(24)8-6-4-2-3-5-7-13(23)11-21/h10,21H,2-9,11H2,1H3. The van der Waals surface area contributed by atoms with Crippen molar-refractivity contribution in [2.75, 3.05) is 6.61 Å². The minimum Gasteiger partial charge on any atom is -0.389 e. The highest BCUT2D eigenvalue weighted by Gasteiger charge is 2.14. The number of aromatic nitrogens is 2. The Morgan fingerprint density at radius 1 is 1.12 bits per heavy atom. The van der Waals surface area contributed by atoms with Gasteiger partial charge in [0.25, 0.3) is 0 Å². The van der Waals surface area contributed by atoms with E-state index in [4.69, 9.17) is 5.11 Å². The first-order chi connectivity index (χ1) is 11.8. The van der Waals surface area contributed by atoms with Gasteiger partial charge in [-0.1, -0.05) is 19.3 Å². The fraction of sp³-hybridized carbons (Fsp3) is 0.588. The Morgan fingerprint density at radius 3 is 2.32 bits per heavy atom. The Morgan fingerprint density at radius 2 is 1.72 bits per heavy atom. The number of carbonyl (C=O) groups is 3. The third-order valence-corrected chi connectivity index (χ3v) is 3.66. The van der Waals surface area contributed by atoms with Crippen LogP contribution in [0.15, 0.2) is 11.0 Å². The maximum atomic E-state index is 13.8. The van der Waals surface area contributed by atoms with Gasteiger partial charge in [-0.2, -0.15) is 4.98 Å². The SMILES string of the molecule is CC(=O)Cc1nc(=O)n(C(=O)CCCCCCCC(=O)CO)cc1F. The number of hydrogen-bond donors (Lipinski definition) is 1. The molecule has 0 aromatic carbocycles. The van der Waals surface area contributed by atoms with Crippen molar-refractivity contribution in [3.8, 4) is 0 Å². The molecule has 0 aliphatic heterocycles. The molecule has 0 spiro atoms. The van der Waals surface area contributed by atoms with Crippen LogP contribution in [0.25, 0.3) is 0 Å². The van der Waals surface area contributed by atoms with Crippen LogP contribution in [0.1, 0.15) is 62.4 Å². The highest BCUT2D eigenvalue weighted by atomic mass is 19.1. The number of rotatable bonds is 11. The van der Waals surface area contributed by atoms with Crippen LogP contribution >= 0.6 is 0 Å². The maximum Gasteiger partial charge on any atom is 0.354 e. The third-order valence-electron chi connectivity index (χ3n) is 3.66. The Bertz CT molecular complexity index is 684. The molecule has 0 unspecified atom stereocenters. The molecule has 0 radical (unpaired) electrons. The van der Waals surface area contributed by atoms with Crippen LogP contribution in [0.4, 0.5) is 4.39 Å². The molecule has 0 fully saturated rings. The molecule has 138 valence electrons. The number of unbranched alkanes of at least 4 members (excludes halogenated alkanes) is 4. The molecular formula is C17H23FN2O5. The number of aliphatic hydroxyl groups is 1. The van der Waals surface area contributed by atoms with E-state index < -0.39 is 24.0 Å². The van der Waals surface area contributed by atoms with E-state index in [0.29, 0.717) is 23.8 Å². The second kappa shape index (κ2) is 10.6. The Balaban J connectivity index is 2.42. The normalized spacial score (nSPS) is 10.7. The van der Waals surface area contributed by atoms with Gasteiger partial charge < -0.3 is 5.11 Å². The number of nitrogens with zero attached hydrogens (tertiary/aromatic N) is 2. The van der Waals surface area contributed by atoms with Crippen LogP contribution in [-0.2, 0) is 16.0 Å². The molecule has 1 aromatic rings. The number of carbonyl (C=O) groups excluding carboxylic acids is 3. The molecule has 0 amide bonds. The van der Waals surface area contributed by atoms with Crippen LogP contribution in [0.5, 0.6) is 0 Å². The molecule has 1 aromatic heterocycles. The molecule has 0 bridgehead atoms. The highest BCUT2D eigenvalue weighted by molar-refractivity contribution is 5.79. The summed E-state index contributed by atoms with van der Waals surface area (Å²) in [5.41, 5.74) is -1.14. The summed E-state index contributed by atoms with van der Waals surface area (Å²) in [5, 5.41) is 8.58. The second-order valence-corrected chi connectivity index (χ2v) is 5.93. The second-order valence-electron chi connectivity index (χ2n) is 5.93. The molecule has 0 saturated carbocycles. The molecule has 1 heterocycles. The number of halogens is 1. The summed E-state index contributed by atoms with van der Waals surface area (Å²) in [6, 6.07) is 0. The largest absolute Gasteiger partial charge is 0.389 e. The fourth-order valence-electron chi connectivity index (χ4n) is 2.33. The summed E-state index contributed by atoms with van der Waals surface area (Å²) in [4.78, 5) is 49.1. The number of aliphatic hydroxyl groups excluding tert-OH is 1. The number of ketones is 2. The van der Waals surface area contributed by atoms with Gasteiger partial charge in [-0.3, -0.25) is 14.4 Å². The lowest BCUT2D eigenvalue weighted by atomic mass is 10.1. The summed E-state index contributed by atoms with van der Waals surface area (Å²) in [6.07, 6.45) is 4.55. The van der Waals surface area contributed by atoms with Crippen molar-refractivity contribution in [3.05, 3.63) is 28.2 Å². The van der Waals surface area contributed by atoms with Crippen LogP contribution in [0, 0.1) is 5.82 Å². The van der Waals surface area contributed by atoms with Gasteiger partial charge >= 0.3 is 5.69 Å². The van der Waals surface area contributed by atoms with E-state index >= 15 is 0 Å². The predicted octanol–water partition coefficient (Wildman–Crippen LogP) is 1.45. The average Bonchev–Trinajstić information content (AvgIpc) is 2.55. The van der Waals surface area contributed by atoms with Gasteiger partial charge in [0, 0.05) is 12.8 Å². The first-order valence-corrected chi connectivity index (χ1v) is 8.28. The van der Waals surface area contributed by atoms with E-state index in [-0.39, 0.29) is 30.1 Å². The first kappa shape index (κ1) is 20.8. The van der Waals surface area contributed by atoms with E-state index in [1.54, 1.807) is 0 Å². The predicted molar refractivity (Wildman–Crippen MR) is 87.9 cm³/mol. The van der Waals surface area contributed by atoms with Crippen molar-refractivity contribution in [1.82, 2.24) is 9.55 Å². The van der Waals surface area contributed by atoms with Gasteiger partial charge in [-0.25, -0.2) is 13.8 Å². The monoisotopic (exact) mass is 354 g/mol. The Kier molecular flexibility index (Phi) is 8.83. The van der Waals surface area contributed by atoms with E-state index in [1.807, 2.05) is 0 Å². The zero-order valence-corrected chi connectivity index (χ0v) is 14.3. The van der Waals surface area contributed by atoms with Crippen molar-refractivity contribution >= 4 is 17.5 Å². The molecule has 0 atom stereocenters. The lowest BCUT2D eigenvalue weighted by molar-refractivity contribution is -0.121.